The first-order valence-corrected chi connectivity index (χ1v) is 6.43. The average molecular weight is 266 g/mol. The number of aryl methyl sites for hydroxylation is 1. The van der Waals surface area contributed by atoms with Crippen LogP contribution in [0, 0.1) is 6.92 Å². The number of hydrogen-bond acceptors (Lipinski definition) is 5. The number of aromatic amines is 1. The van der Waals surface area contributed by atoms with Crippen LogP contribution in [-0.2, 0) is 0 Å². The monoisotopic (exact) mass is 266 g/mol. The van der Waals surface area contributed by atoms with Gasteiger partial charge in [-0.15, -0.1) is 11.3 Å². The lowest BCUT2D eigenvalue weighted by molar-refractivity contribution is 0.247. The predicted octanol–water partition coefficient (Wildman–Crippen LogP) is 1.84. The highest BCUT2D eigenvalue weighted by molar-refractivity contribution is 7.13. The molecule has 0 aliphatic heterocycles. The third-order valence-corrected chi connectivity index (χ3v) is 2.98. The van der Waals surface area contributed by atoms with Crippen molar-refractivity contribution in [1.29, 1.82) is 0 Å². The first-order chi connectivity index (χ1) is 8.69. The van der Waals surface area contributed by atoms with Gasteiger partial charge in [0.15, 0.2) is 11.0 Å². The molecule has 0 fully saturated rings. The molecule has 0 unspecified atom stereocenters. The van der Waals surface area contributed by atoms with Gasteiger partial charge >= 0.3 is 6.03 Å². The van der Waals surface area contributed by atoms with Gasteiger partial charge in [0.05, 0.1) is 6.04 Å². The molecule has 0 saturated carbocycles. The number of carbonyl (C=O) groups excluding carboxylic acids is 1. The molecule has 0 bridgehead atoms. The van der Waals surface area contributed by atoms with E-state index in [1.54, 1.807) is 11.6 Å². The Hall–Kier alpha value is -1.96. The van der Waals surface area contributed by atoms with Crippen molar-refractivity contribution in [1.82, 2.24) is 25.5 Å². The first-order valence-electron chi connectivity index (χ1n) is 5.55. The lowest BCUT2D eigenvalue weighted by Gasteiger charge is -2.13. The van der Waals surface area contributed by atoms with Crippen molar-refractivity contribution in [3.8, 4) is 0 Å². The van der Waals surface area contributed by atoms with Crippen molar-refractivity contribution in [3.63, 3.8) is 0 Å². The molecule has 0 aliphatic rings. The van der Waals surface area contributed by atoms with Crippen LogP contribution < -0.4 is 10.6 Å². The van der Waals surface area contributed by atoms with E-state index in [0.29, 0.717) is 17.4 Å². The second-order valence-electron chi connectivity index (χ2n) is 3.68. The fourth-order valence-electron chi connectivity index (χ4n) is 1.44. The average Bonchev–Trinajstić information content (AvgIpc) is 2.97. The summed E-state index contributed by atoms with van der Waals surface area (Å²) in [6, 6.07) is -0.519. The molecule has 0 aromatic carbocycles. The fourth-order valence-corrected chi connectivity index (χ4v) is 1.97. The second-order valence-corrected chi connectivity index (χ2v) is 4.57. The van der Waals surface area contributed by atoms with Crippen molar-refractivity contribution in [2.24, 2.45) is 0 Å². The van der Waals surface area contributed by atoms with E-state index in [-0.39, 0.29) is 12.1 Å². The number of amides is 2. The van der Waals surface area contributed by atoms with Crippen LogP contribution in [0.2, 0.25) is 0 Å². The highest BCUT2D eigenvalue weighted by Gasteiger charge is 2.17. The van der Waals surface area contributed by atoms with E-state index in [4.69, 9.17) is 0 Å². The molecular weight excluding hydrogens is 252 g/mol. The van der Waals surface area contributed by atoms with Crippen molar-refractivity contribution < 1.29 is 4.79 Å². The first kappa shape index (κ1) is 12.5. The predicted molar refractivity (Wildman–Crippen MR) is 68.4 cm³/mol. The molecule has 3 N–H and O–H groups in total. The molecule has 0 spiro atoms. The van der Waals surface area contributed by atoms with Crippen molar-refractivity contribution in [2.75, 3.05) is 5.32 Å². The molecule has 0 saturated heterocycles. The summed E-state index contributed by atoms with van der Waals surface area (Å²) < 4.78 is 0. The summed E-state index contributed by atoms with van der Waals surface area (Å²) in [7, 11) is 0. The van der Waals surface area contributed by atoms with Crippen LogP contribution in [-0.4, -0.2) is 26.2 Å². The smallest absolute Gasteiger partial charge is 0.321 e. The number of carbonyl (C=O) groups is 1. The third kappa shape index (κ3) is 3.04. The van der Waals surface area contributed by atoms with Gasteiger partial charge < -0.3 is 5.32 Å². The molecular formula is C10H14N6OS. The minimum atomic E-state index is -0.306. The van der Waals surface area contributed by atoms with Crippen LogP contribution in [0.25, 0.3) is 0 Å². The highest BCUT2D eigenvalue weighted by Crippen LogP contribution is 2.13. The summed E-state index contributed by atoms with van der Waals surface area (Å²) in [5.41, 5.74) is 0. The van der Waals surface area contributed by atoms with Crippen molar-refractivity contribution in [3.05, 3.63) is 23.2 Å². The number of thiazole rings is 1. The summed E-state index contributed by atoms with van der Waals surface area (Å²) in [5, 5.41) is 14.6. The number of nitrogens with zero attached hydrogens (tertiary/aromatic N) is 3. The third-order valence-electron chi connectivity index (χ3n) is 2.29. The van der Waals surface area contributed by atoms with Crippen LogP contribution in [0.5, 0.6) is 0 Å². The molecule has 2 aromatic heterocycles. The number of urea groups is 1. The van der Waals surface area contributed by atoms with Crippen LogP contribution >= 0.6 is 11.3 Å². The lowest BCUT2D eigenvalue weighted by Crippen LogP contribution is -2.32. The number of hydrogen-bond donors (Lipinski definition) is 3. The van der Waals surface area contributed by atoms with E-state index < -0.39 is 0 Å². The molecule has 0 radical (unpaired) electrons. The molecule has 18 heavy (non-hydrogen) atoms. The Morgan fingerprint density at radius 1 is 1.61 bits per heavy atom. The van der Waals surface area contributed by atoms with Gasteiger partial charge in [0.2, 0.25) is 0 Å². The zero-order valence-electron chi connectivity index (χ0n) is 10.1. The maximum Gasteiger partial charge on any atom is 0.321 e. The van der Waals surface area contributed by atoms with Crippen molar-refractivity contribution >= 4 is 22.5 Å². The zero-order chi connectivity index (χ0) is 13.0. The Morgan fingerprint density at radius 2 is 2.44 bits per heavy atom. The van der Waals surface area contributed by atoms with Crippen LogP contribution in [0.3, 0.4) is 0 Å². The Morgan fingerprint density at radius 3 is 3.00 bits per heavy atom. The second kappa shape index (κ2) is 5.58. The van der Waals surface area contributed by atoms with Gasteiger partial charge in [-0.05, 0) is 13.3 Å². The molecule has 2 aromatic rings. The number of H-pyrrole nitrogens is 1. The molecule has 1 atom stereocenters. The maximum atomic E-state index is 11.7. The van der Waals surface area contributed by atoms with Gasteiger partial charge in [-0.25, -0.2) is 14.8 Å². The van der Waals surface area contributed by atoms with E-state index in [0.717, 1.165) is 5.82 Å². The Labute approximate surface area is 108 Å². The Bertz CT molecular complexity index is 508. The van der Waals surface area contributed by atoms with Gasteiger partial charge in [-0.2, -0.15) is 5.10 Å². The number of nitrogens with one attached hydrogen (secondary N) is 3. The quantitative estimate of drug-likeness (QED) is 0.786. The van der Waals surface area contributed by atoms with Crippen LogP contribution in [0.4, 0.5) is 9.93 Å². The van der Waals surface area contributed by atoms with E-state index in [1.165, 1.54) is 11.3 Å². The maximum absolute atomic E-state index is 11.7. The molecule has 2 heterocycles. The van der Waals surface area contributed by atoms with Crippen molar-refractivity contribution in [2.45, 2.75) is 26.3 Å². The number of anilines is 1. The van der Waals surface area contributed by atoms with E-state index in [1.807, 2.05) is 13.8 Å². The fraction of sp³-hybridized carbons (Fsp3) is 0.400. The summed E-state index contributed by atoms with van der Waals surface area (Å²) >= 11 is 1.37. The SMILES string of the molecule is CC[C@@H](NC(=O)Nc1nccs1)c1n[nH]c(C)n1. The Balaban J connectivity index is 1.96. The van der Waals surface area contributed by atoms with E-state index in [2.05, 4.69) is 30.8 Å². The summed E-state index contributed by atoms with van der Waals surface area (Å²) in [4.78, 5) is 19.9. The summed E-state index contributed by atoms with van der Waals surface area (Å²) in [6.45, 7) is 3.78. The van der Waals surface area contributed by atoms with E-state index in [9.17, 15) is 4.79 Å². The van der Waals surface area contributed by atoms with Gasteiger partial charge in [0.25, 0.3) is 0 Å². The summed E-state index contributed by atoms with van der Waals surface area (Å²) in [6.07, 6.45) is 2.35. The van der Waals surface area contributed by atoms with Gasteiger partial charge in [0.1, 0.15) is 5.82 Å². The molecule has 2 amide bonds. The standard InChI is InChI=1S/C10H14N6OS/c1-3-7(8-12-6(2)15-16-8)13-9(17)14-10-11-4-5-18-10/h4-5,7H,3H2,1-2H3,(H,12,15,16)(H2,11,13,14,17)/t7-/m1/s1. The zero-order valence-corrected chi connectivity index (χ0v) is 10.9. The largest absolute Gasteiger partial charge is 0.328 e. The molecule has 2 rings (SSSR count). The van der Waals surface area contributed by atoms with Gasteiger partial charge in [0, 0.05) is 11.6 Å². The normalized spacial score (nSPS) is 12.1. The minimum Gasteiger partial charge on any atom is -0.328 e. The molecule has 8 heteroatoms. The van der Waals surface area contributed by atoms with Crippen LogP contribution in [0.1, 0.15) is 31.0 Å². The molecule has 0 aliphatic carbocycles. The van der Waals surface area contributed by atoms with Gasteiger partial charge in [-0.3, -0.25) is 10.4 Å². The number of rotatable bonds is 4. The molecule has 7 nitrogen and oxygen atoms in total. The van der Waals surface area contributed by atoms with Gasteiger partial charge in [-0.1, -0.05) is 6.92 Å². The Kier molecular flexibility index (Phi) is 3.88. The van der Waals surface area contributed by atoms with E-state index >= 15 is 0 Å². The van der Waals surface area contributed by atoms with Crippen LogP contribution in [0.15, 0.2) is 11.6 Å². The minimum absolute atomic E-state index is 0.213. The molecule has 96 valence electrons. The lowest BCUT2D eigenvalue weighted by atomic mass is 10.2. The summed E-state index contributed by atoms with van der Waals surface area (Å²) in [5.74, 6) is 1.31. The highest BCUT2D eigenvalue weighted by atomic mass is 32.1. The number of aromatic nitrogens is 4. The topological polar surface area (TPSA) is 95.6 Å².